The van der Waals surface area contributed by atoms with Crippen molar-refractivity contribution in [2.75, 3.05) is 39.5 Å². The molecule has 1 aliphatic heterocycles. The Kier molecular flexibility index (Phi) is 8.89. The van der Waals surface area contributed by atoms with Crippen molar-refractivity contribution in [1.29, 1.82) is 0 Å². The average Bonchev–Trinajstić information content (AvgIpc) is 2.88. The summed E-state index contributed by atoms with van der Waals surface area (Å²) in [6.07, 6.45) is 3.83. The minimum Gasteiger partial charge on any atom is -0.460 e. The van der Waals surface area contributed by atoms with Crippen LogP contribution in [-0.4, -0.2) is 67.3 Å². The van der Waals surface area contributed by atoms with Crippen LogP contribution >= 0.6 is 11.6 Å². The smallest absolute Gasteiger partial charge is 0.329 e. The number of nitrogens with one attached hydrogen (secondary N) is 2. The first-order valence-corrected chi connectivity index (χ1v) is 12.2. The number of nitrogens with zero attached hydrogens (tertiary/aromatic N) is 1. The molecule has 0 saturated carbocycles. The number of aromatic nitrogens is 1. The van der Waals surface area contributed by atoms with Crippen molar-refractivity contribution >= 4 is 34.4 Å². The summed E-state index contributed by atoms with van der Waals surface area (Å²) >= 11 is 5.93. The van der Waals surface area contributed by atoms with Gasteiger partial charge in [-0.25, -0.2) is 4.79 Å². The third-order valence-corrected chi connectivity index (χ3v) is 6.16. The van der Waals surface area contributed by atoms with Gasteiger partial charge in [-0.1, -0.05) is 35.9 Å². The van der Waals surface area contributed by atoms with Gasteiger partial charge in [0.15, 0.2) is 0 Å². The number of hydrogen-bond donors (Lipinski definition) is 2. The van der Waals surface area contributed by atoms with Crippen LogP contribution in [0.2, 0.25) is 5.02 Å². The third-order valence-electron chi connectivity index (χ3n) is 5.91. The molecule has 1 aromatic heterocycles. The highest BCUT2D eigenvalue weighted by Gasteiger charge is 2.24. The van der Waals surface area contributed by atoms with Gasteiger partial charge in [0.05, 0.1) is 13.2 Å². The van der Waals surface area contributed by atoms with Gasteiger partial charge >= 0.3 is 5.97 Å². The van der Waals surface area contributed by atoms with Crippen molar-refractivity contribution < 1.29 is 19.1 Å². The van der Waals surface area contributed by atoms with Crippen LogP contribution in [0.4, 0.5) is 0 Å². The molecule has 4 rings (SSSR count). The number of carbonyl (C=O) groups is 2. The lowest BCUT2D eigenvalue weighted by Gasteiger charge is -2.25. The Labute approximate surface area is 213 Å². The number of halogens is 1. The Bertz CT molecular complexity index is 1280. The van der Waals surface area contributed by atoms with E-state index < -0.39 is 17.9 Å². The molecule has 3 aromatic rings. The standard InChI is InChI=1S/C27H28ClN3O5/c28-21-9-7-19(8-10-21)26(33)30-24(17-20-18-25(32)29-23-6-2-1-5-22(20)23)27(34)36-14-4-3-11-31-12-15-35-16-13-31/h1-10,18,24H,11-17H2,(H,29,32)(H,30,33)/b4-3-. The van der Waals surface area contributed by atoms with Gasteiger partial charge in [0.2, 0.25) is 5.56 Å². The van der Waals surface area contributed by atoms with Crippen molar-refractivity contribution in [3.63, 3.8) is 0 Å². The van der Waals surface area contributed by atoms with Crippen LogP contribution in [0.5, 0.6) is 0 Å². The molecule has 1 atom stereocenters. The first-order valence-electron chi connectivity index (χ1n) is 11.8. The first kappa shape index (κ1) is 25.6. The van der Waals surface area contributed by atoms with E-state index in [-0.39, 0.29) is 18.6 Å². The second kappa shape index (κ2) is 12.5. The molecule has 0 aliphatic carbocycles. The Morgan fingerprint density at radius 3 is 2.64 bits per heavy atom. The molecule has 2 N–H and O–H groups in total. The van der Waals surface area contributed by atoms with Crippen LogP contribution < -0.4 is 10.9 Å². The molecule has 1 amide bonds. The van der Waals surface area contributed by atoms with Crippen LogP contribution in [0, 0.1) is 0 Å². The zero-order valence-corrected chi connectivity index (χ0v) is 20.5. The lowest BCUT2D eigenvalue weighted by molar-refractivity contribution is -0.144. The van der Waals surface area contributed by atoms with Crippen molar-refractivity contribution in [3.05, 3.63) is 93.3 Å². The number of fused-ring (bicyclic) bond motifs is 1. The molecule has 9 heteroatoms. The maximum Gasteiger partial charge on any atom is 0.329 e. The number of ether oxygens (including phenoxy) is 2. The maximum absolute atomic E-state index is 13.0. The van der Waals surface area contributed by atoms with Crippen LogP contribution in [0.15, 0.2) is 71.5 Å². The number of hydrogen-bond acceptors (Lipinski definition) is 6. The SMILES string of the molecule is O=C(NC(Cc1cc(=O)[nH]c2ccccc12)C(=O)OC/C=C\CN1CCOCC1)c1ccc(Cl)cc1. The van der Waals surface area contributed by atoms with Crippen molar-refractivity contribution in [3.8, 4) is 0 Å². The van der Waals surface area contributed by atoms with Gasteiger partial charge in [0.1, 0.15) is 12.6 Å². The van der Waals surface area contributed by atoms with Gasteiger partial charge in [0, 0.05) is 53.6 Å². The molecule has 0 spiro atoms. The molecule has 188 valence electrons. The van der Waals surface area contributed by atoms with E-state index in [1.165, 1.54) is 6.07 Å². The summed E-state index contributed by atoms with van der Waals surface area (Å²) in [7, 11) is 0. The summed E-state index contributed by atoms with van der Waals surface area (Å²) in [5.74, 6) is -1.02. The molecule has 1 unspecified atom stereocenters. The van der Waals surface area contributed by atoms with Gasteiger partial charge in [-0.3, -0.25) is 14.5 Å². The molecular formula is C27H28ClN3O5. The predicted octanol–water partition coefficient (Wildman–Crippen LogP) is 2.95. The second-order valence-corrected chi connectivity index (χ2v) is 8.89. The van der Waals surface area contributed by atoms with Gasteiger partial charge in [0.25, 0.3) is 5.91 Å². The van der Waals surface area contributed by atoms with E-state index in [1.807, 2.05) is 24.3 Å². The summed E-state index contributed by atoms with van der Waals surface area (Å²) in [6.45, 7) is 3.99. The molecule has 0 bridgehead atoms. The molecule has 8 nitrogen and oxygen atoms in total. The van der Waals surface area contributed by atoms with E-state index in [2.05, 4.69) is 15.2 Å². The number of morpholine rings is 1. The number of pyridine rings is 1. The van der Waals surface area contributed by atoms with E-state index in [9.17, 15) is 14.4 Å². The number of para-hydroxylation sites is 1. The Morgan fingerprint density at radius 2 is 1.86 bits per heavy atom. The molecule has 1 saturated heterocycles. The monoisotopic (exact) mass is 509 g/mol. The Hall–Kier alpha value is -3.46. The fraction of sp³-hybridized carbons (Fsp3) is 0.296. The molecule has 0 radical (unpaired) electrons. The second-order valence-electron chi connectivity index (χ2n) is 8.46. The zero-order valence-electron chi connectivity index (χ0n) is 19.7. The van der Waals surface area contributed by atoms with Crippen molar-refractivity contribution in [2.45, 2.75) is 12.5 Å². The molecule has 2 heterocycles. The predicted molar refractivity (Wildman–Crippen MR) is 138 cm³/mol. The van der Waals surface area contributed by atoms with E-state index in [4.69, 9.17) is 21.1 Å². The summed E-state index contributed by atoms with van der Waals surface area (Å²) < 4.78 is 10.8. The van der Waals surface area contributed by atoms with Crippen molar-refractivity contribution in [1.82, 2.24) is 15.2 Å². The average molecular weight is 510 g/mol. The largest absolute Gasteiger partial charge is 0.460 e. The van der Waals surface area contributed by atoms with Gasteiger partial charge in [-0.15, -0.1) is 0 Å². The number of amides is 1. The maximum atomic E-state index is 13.0. The number of rotatable bonds is 9. The van der Waals surface area contributed by atoms with E-state index in [0.717, 1.165) is 38.2 Å². The number of carbonyl (C=O) groups excluding carboxylic acids is 2. The highest BCUT2D eigenvalue weighted by atomic mass is 35.5. The molecule has 1 aliphatic rings. The van der Waals surface area contributed by atoms with E-state index in [0.29, 0.717) is 21.7 Å². The molecule has 1 fully saturated rings. The summed E-state index contributed by atoms with van der Waals surface area (Å²) in [4.78, 5) is 43.2. The number of esters is 1. The van der Waals surface area contributed by atoms with Gasteiger partial charge in [-0.2, -0.15) is 0 Å². The summed E-state index contributed by atoms with van der Waals surface area (Å²) in [5, 5.41) is 4.06. The van der Waals surface area contributed by atoms with Gasteiger partial charge < -0.3 is 19.8 Å². The topological polar surface area (TPSA) is 101 Å². The Morgan fingerprint density at radius 1 is 1.11 bits per heavy atom. The van der Waals surface area contributed by atoms with Crippen LogP contribution in [0.1, 0.15) is 15.9 Å². The zero-order chi connectivity index (χ0) is 25.3. The highest BCUT2D eigenvalue weighted by molar-refractivity contribution is 6.30. The quantitative estimate of drug-likeness (QED) is 0.340. The van der Waals surface area contributed by atoms with E-state index >= 15 is 0 Å². The van der Waals surface area contributed by atoms with E-state index in [1.54, 1.807) is 36.4 Å². The third kappa shape index (κ3) is 7.04. The summed E-state index contributed by atoms with van der Waals surface area (Å²) in [5.41, 5.74) is 1.36. The number of aromatic amines is 1. The highest BCUT2D eigenvalue weighted by Crippen LogP contribution is 2.17. The minimum atomic E-state index is -0.994. The van der Waals surface area contributed by atoms with Crippen molar-refractivity contribution in [2.24, 2.45) is 0 Å². The Balaban J connectivity index is 1.47. The van der Waals surface area contributed by atoms with Gasteiger partial charge in [-0.05, 0) is 42.0 Å². The van der Waals surface area contributed by atoms with Crippen LogP contribution in [-0.2, 0) is 20.7 Å². The molecular weight excluding hydrogens is 482 g/mol. The fourth-order valence-corrected chi connectivity index (χ4v) is 4.13. The van der Waals surface area contributed by atoms with Crippen LogP contribution in [0.3, 0.4) is 0 Å². The van der Waals surface area contributed by atoms with Crippen LogP contribution in [0.25, 0.3) is 10.9 Å². The lowest BCUT2D eigenvalue weighted by Crippen LogP contribution is -2.43. The number of benzene rings is 2. The summed E-state index contributed by atoms with van der Waals surface area (Å²) in [6, 6.07) is 14.1. The molecule has 2 aromatic carbocycles. The number of H-pyrrole nitrogens is 1. The normalized spacial score (nSPS) is 15.1. The minimum absolute atomic E-state index is 0.0760. The fourth-order valence-electron chi connectivity index (χ4n) is 4.01. The first-order chi connectivity index (χ1) is 17.5. The lowest BCUT2D eigenvalue weighted by atomic mass is 10.0. The molecule has 36 heavy (non-hydrogen) atoms.